The van der Waals surface area contributed by atoms with Crippen molar-refractivity contribution in [3.05, 3.63) is 77.7 Å². The number of hydrogen-bond donors (Lipinski definition) is 1. The molecule has 1 aromatic heterocycles. The molecule has 0 aliphatic heterocycles. The van der Waals surface area contributed by atoms with Crippen molar-refractivity contribution in [2.24, 2.45) is 0 Å². The molecule has 1 amide bonds. The third kappa shape index (κ3) is 3.61. The summed E-state index contributed by atoms with van der Waals surface area (Å²) < 4.78 is 11.2. The fourth-order valence-electron chi connectivity index (χ4n) is 2.13. The van der Waals surface area contributed by atoms with Gasteiger partial charge in [-0.05, 0) is 50.2 Å². The maximum Gasteiger partial charge on any atom is 0.291 e. The number of ether oxygens (including phenoxy) is 1. The summed E-state index contributed by atoms with van der Waals surface area (Å²) in [4.78, 5) is 12.2. The highest BCUT2D eigenvalue weighted by molar-refractivity contribution is 6.03. The molecule has 0 aliphatic rings. The van der Waals surface area contributed by atoms with Gasteiger partial charge in [-0.2, -0.15) is 0 Å². The Bertz CT molecular complexity index is 819. The molecule has 23 heavy (non-hydrogen) atoms. The monoisotopic (exact) mass is 307 g/mol. The van der Waals surface area contributed by atoms with Crippen molar-refractivity contribution >= 4 is 11.6 Å². The van der Waals surface area contributed by atoms with Crippen LogP contribution in [0.15, 0.2) is 65.1 Å². The Balaban J connectivity index is 1.80. The number of rotatable bonds is 4. The largest absolute Gasteiger partial charge is 0.456 e. The van der Waals surface area contributed by atoms with Crippen molar-refractivity contribution in [2.45, 2.75) is 13.8 Å². The highest BCUT2D eigenvalue weighted by atomic mass is 16.5. The van der Waals surface area contributed by atoms with E-state index in [2.05, 4.69) is 5.32 Å². The van der Waals surface area contributed by atoms with Crippen LogP contribution in [-0.2, 0) is 0 Å². The van der Waals surface area contributed by atoms with Gasteiger partial charge in [-0.25, -0.2) is 0 Å². The first kappa shape index (κ1) is 14.9. The molecule has 0 spiro atoms. The molecule has 0 saturated heterocycles. The molecular formula is C19H17NO3. The van der Waals surface area contributed by atoms with Crippen LogP contribution in [0.3, 0.4) is 0 Å². The van der Waals surface area contributed by atoms with Crippen LogP contribution < -0.4 is 10.1 Å². The van der Waals surface area contributed by atoms with E-state index in [1.165, 1.54) is 0 Å². The minimum Gasteiger partial charge on any atom is -0.456 e. The Morgan fingerprint density at radius 2 is 1.70 bits per heavy atom. The van der Waals surface area contributed by atoms with E-state index in [9.17, 15) is 4.79 Å². The first-order valence-electron chi connectivity index (χ1n) is 7.33. The SMILES string of the molecule is Cc1ccc(Oc2ccccc2NC(=O)c2ccc(C)o2)cc1. The van der Waals surface area contributed by atoms with Gasteiger partial charge in [-0.3, -0.25) is 4.79 Å². The fraction of sp³-hybridized carbons (Fsp3) is 0.105. The molecule has 3 aromatic rings. The van der Waals surface area contributed by atoms with E-state index in [1.54, 1.807) is 25.1 Å². The summed E-state index contributed by atoms with van der Waals surface area (Å²) in [5.41, 5.74) is 1.75. The number of anilines is 1. The van der Waals surface area contributed by atoms with E-state index >= 15 is 0 Å². The molecular weight excluding hydrogens is 290 g/mol. The van der Waals surface area contributed by atoms with Gasteiger partial charge in [0.2, 0.25) is 0 Å². The van der Waals surface area contributed by atoms with E-state index in [0.29, 0.717) is 22.9 Å². The number of nitrogens with one attached hydrogen (secondary N) is 1. The van der Waals surface area contributed by atoms with Gasteiger partial charge in [-0.1, -0.05) is 29.8 Å². The lowest BCUT2D eigenvalue weighted by atomic mass is 10.2. The number of carbonyl (C=O) groups excluding carboxylic acids is 1. The van der Waals surface area contributed by atoms with Gasteiger partial charge < -0.3 is 14.5 Å². The third-order valence-corrected chi connectivity index (χ3v) is 3.35. The lowest BCUT2D eigenvalue weighted by Crippen LogP contribution is -2.11. The smallest absolute Gasteiger partial charge is 0.291 e. The van der Waals surface area contributed by atoms with Crippen molar-refractivity contribution in [2.75, 3.05) is 5.32 Å². The Kier molecular flexibility index (Phi) is 4.15. The highest BCUT2D eigenvalue weighted by Crippen LogP contribution is 2.29. The third-order valence-electron chi connectivity index (χ3n) is 3.35. The van der Waals surface area contributed by atoms with Crippen molar-refractivity contribution in [1.29, 1.82) is 0 Å². The van der Waals surface area contributed by atoms with Gasteiger partial charge in [0.25, 0.3) is 5.91 Å². The zero-order valence-corrected chi connectivity index (χ0v) is 13.0. The molecule has 1 heterocycles. The van der Waals surface area contributed by atoms with E-state index in [1.807, 2.05) is 49.4 Å². The summed E-state index contributed by atoms with van der Waals surface area (Å²) in [6.07, 6.45) is 0. The molecule has 0 saturated carbocycles. The van der Waals surface area contributed by atoms with Crippen LogP contribution >= 0.6 is 0 Å². The Morgan fingerprint density at radius 1 is 0.957 bits per heavy atom. The molecule has 4 heteroatoms. The lowest BCUT2D eigenvalue weighted by Gasteiger charge is -2.11. The van der Waals surface area contributed by atoms with Gasteiger partial charge in [0, 0.05) is 0 Å². The standard InChI is InChI=1S/C19H17NO3/c1-13-7-10-15(11-8-13)23-17-6-4-3-5-16(17)20-19(21)18-12-9-14(2)22-18/h3-12H,1-2H3,(H,20,21). The van der Waals surface area contributed by atoms with Crippen LogP contribution in [0.4, 0.5) is 5.69 Å². The number of amides is 1. The van der Waals surface area contributed by atoms with Crippen molar-refractivity contribution in [3.63, 3.8) is 0 Å². The summed E-state index contributed by atoms with van der Waals surface area (Å²) in [5, 5.41) is 2.81. The average molecular weight is 307 g/mol. The second-order valence-electron chi connectivity index (χ2n) is 5.28. The molecule has 0 aliphatic carbocycles. The van der Waals surface area contributed by atoms with Crippen LogP contribution in [0.5, 0.6) is 11.5 Å². The number of carbonyl (C=O) groups is 1. The van der Waals surface area contributed by atoms with Gasteiger partial charge in [0.15, 0.2) is 11.5 Å². The molecule has 2 aromatic carbocycles. The fourth-order valence-corrected chi connectivity index (χ4v) is 2.13. The normalized spacial score (nSPS) is 10.3. The molecule has 3 rings (SSSR count). The van der Waals surface area contributed by atoms with Crippen LogP contribution in [0.1, 0.15) is 21.9 Å². The number of furan rings is 1. The molecule has 0 atom stereocenters. The van der Waals surface area contributed by atoms with E-state index < -0.39 is 0 Å². The summed E-state index contributed by atoms with van der Waals surface area (Å²) in [6, 6.07) is 18.4. The molecule has 1 N–H and O–H groups in total. The minimum atomic E-state index is -0.307. The van der Waals surface area contributed by atoms with Crippen molar-refractivity contribution < 1.29 is 13.9 Å². The van der Waals surface area contributed by atoms with E-state index in [4.69, 9.17) is 9.15 Å². The molecule has 116 valence electrons. The van der Waals surface area contributed by atoms with Gasteiger partial charge in [-0.15, -0.1) is 0 Å². The minimum absolute atomic E-state index is 0.271. The Morgan fingerprint density at radius 3 is 2.39 bits per heavy atom. The Hall–Kier alpha value is -3.01. The highest BCUT2D eigenvalue weighted by Gasteiger charge is 2.13. The van der Waals surface area contributed by atoms with Crippen LogP contribution in [-0.4, -0.2) is 5.91 Å². The second kappa shape index (κ2) is 6.40. The molecule has 0 radical (unpaired) electrons. The lowest BCUT2D eigenvalue weighted by molar-refractivity contribution is 0.0995. The summed E-state index contributed by atoms with van der Waals surface area (Å²) in [5.74, 6) is 1.95. The first-order valence-corrected chi connectivity index (χ1v) is 7.33. The van der Waals surface area contributed by atoms with Gasteiger partial charge in [0.05, 0.1) is 5.69 Å². The quantitative estimate of drug-likeness (QED) is 0.742. The first-order chi connectivity index (χ1) is 11.1. The van der Waals surface area contributed by atoms with E-state index in [-0.39, 0.29) is 11.7 Å². The number of benzene rings is 2. The predicted molar refractivity (Wildman–Crippen MR) is 89.1 cm³/mol. The van der Waals surface area contributed by atoms with Crippen molar-refractivity contribution in [3.8, 4) is 11.5 Å². The average Bonchev–Trinajstić information content (AvgIpc) is 2.98. The molecule has 0 fully saturated rings. The van der Waals surface area contributed by atoms with Gasteiger partial charge in [0.1, 0.15) is 11.5 Å². The number of aryl methyl sites for hydroxylation is 2. The number of para-hydroxylation sites is 2. The second-order valence-corrected chi connectivity index (χ2v) is 5.28. The molecule has 0 bridgehead atoms. The summed E-state index contributed by atoms with van der Waals surface area (Å²) >= 11 is 0. The zero-order valence-electron chi connectivity index (χ0n) is 13.0. The summed E-state index contributed by atoms with van der Waals surface area (Å²) in [7, 11) is 0. The topological polar surface area (TPSA) is 51.5 Å². The van der Waals surface area contributed by atoms with Crippen molar-refractivity contribution in [1.82, 2.24) is 0 Å². The van der Waals surface area contributed by atoms with Gasteiger partial charge >= 0.3 is 0 Å². The number of hydrogen-bond acceptors (Lipinski definition) is 3. The maximum absolute atomic E-state index is 12.2. The van der Waals surface area contributed by atoms with E-state index in [0.717, 1.165) is 5.56 Å². The van der Waals surface area contributed by atoms with Crippen LogP contribution in [0.2, 0.25) is 0 Å². The zero-order chi connectivity index (χ0) is 16.2. The maximum atomic E-state index is 12.2. The molecule has 4 nitrogen and oxygen atoms in total. The summed E-state index contributed by atoms with van der Waals surface area (Å²) in [6.45, 7) is 3.81. The predicted octanol–water partition coefficient (Wildman–Crippen LogP) is 4.94. The van der Waals surface area contributed by atoms with Crippen LogP contribution in [0, 0.1) is 13.8 Å². The Labute approximate surface area is 134 Å². The van der Waals surface area contributed by atoms with Crippen LogP contribution in [0.25, 0.3) is 0 Å². The molecule has 0 unspecified atom stereocenters.